The van der Waals surface area contributed by atoms with Gasteiger partial charge in [-0.2, -0.15) is 0 Å². The highest BCUT2D eigenvalue weighted by atomic mass is 79.9. The minimum atomic E-state index is -0.225. The van der Waals surface area contributed by atoms with Crippen LogP contribution in [0.4, 0.5) is 0 Å². The molecule has 0 aromatic heterocycles. The lowest BCUT2D eigenvalue weighted by Crippen LogP contribution is -2.12. The zero-order valence-electron chi connectivity index (χ0n) is 11.5. The molecule has 106 valence electrons. The van der Waals surface area contributed by atoms with Gasteiger partial charge in [-0.05, 0) is 54.8 Å². The summed E-state index contributed by atoms with van der Waals surface area (Å²) in [6, 6.07) is 11.5. The van der Waals surface area contributed by atoms with Gasteiger partial charge in [-0.15, -0.1) is 0 Å². The smallest absolute Gasteiger partial charge is 0.120 e. The van der Waals surface area contributed by atoms with Gasteiger partial charge in [-0.25, -0.2) is 0 Å². The van der Waals surface area contributed by atoms with E-state index in [-0.39, 0.29) is 6.04 Å². The van der Waals surface area contributed by atoms with Crippen molar-refractivity contribution in [2.45, 2.75) is 19.9 Å². The standard InChI is InChI=1S/C16H17BrClNO/c1-3-20-13-4-5-14(15(17)9-13)16(19)11-6-10(2)7-12(18)8-11/h4-9,16H,3,19H2,1-2H3. The molecule has 1 atom stereocenters. The van der Waals surface area contributed by atoms with Crippen LogP contribution in [0.15, 0.2) is 40.9 Å². The molecule has 2 aromatic rings. The van der Waals surface area contributed by atoms with E-state index < -0.39 is 0 Å². The summed E-state index contributed by atoms with van der Waals surface area (Å²) in [5.41, 5.74) is 9.46. The number of hydrogen-bond donors (Lipinski definition) is 1. The van der Waals surface area contributed by atoms with Gasteiger partial charge in [0.15, 0.2) is 0 Å². The van der Waals surface area contributed by atoms with Crippen molar-refractivity contribution in [3.05, 3.63) is 62.6 Å². The molecule has 2 N–H and O–H groups in total. The Morgan fingerprint density at radius 2 is 2.00 bits per heavy atom. The van der Waals surface area contributed by atoms with Gasteiger partial charge in [0.25, 0.3) is 0 Å². The topological polar surface area (TPSA) is 35.2 Å². The van der Waals surface area contributed by atoms with E-state index in [1.165, 1.54) is 0 Å². The summed E-state index contributed by atoms with van der Waals surface area (Å²) in [5, 5.41) is 0.706. The third-order valence-corrected chi connectivity index (χ3v) is 3.95. The van der Waals surface area contributed by atoms with Crippen molar-refractivity contribution in [1.29, 1.82) is 0 Å². The van der Waals surface area contributed by atoms with Gasteiger partial charge in [-0.3, -0.25) is 0 Å². The molecule has 0 bridgehead atoms. The van der Waals surface area contributed by atoms with Crippen LogP contribution in [0.25, 0.3) is 0 Å². The Bertz CT molecular complexity index is 595. The Kier molecular flexibility index (Phi) is 5.08. The fourth-order valence-corrected chi connectivity index (χ4v) is 3.04. The second-order valence-electron chi connectivity index (χ2n) is 4.66. The van der Waals surface area contributed by atoms with Crippen LogP contribution < -0.4 is 10.5 Å². The number of rotatable bonds is 4. The van der Waals surface area contributed by atoms with Crippen molar-refractivity contribution >= 4 is 27.5 Å². The van der Waals surface area contributed by atoms with E-state index >= 15 is 0 Å². The Morgan fingerprint density at radius 1 is 1.25 bits per heavy atom. The van der Waals surface area contributed by atoms with Gasteiger partial charge < -0.3 is 10.5 Å². The summed E-state index contributed by atoms with van der Waals surface area (Å²) in [7, 11) is 0. The molecule has 0 aliphatic rings. The summed E-state index contributed by atoms with van der Waals surface area (Å²) in [6.07, 6.45) is 0. The van der Waals surface area contributed by atoms with E-state index in [1.807, 2.05) is 44.2 Å². The van der Waals surface area contributed by atoms with Crippen LogP contribution in [0.2, 0.25) is 5.02 Å². The highest BCUT2D eigenvalue weighted by molar-refractivity contribution is 9.10. The zero-order chi connectivity index (χ0) is 14.7. The third kappa shape index (κ3) is 3.54. The van der Waals surface area contributed by atoms with Gasteiger partial charge in [0.2, 0.25) is 0 Å². The molecule has 4 heteroatoms. The predicted octanol–water partition coefficient (Wildman–Crippen LogP) is 4.86. The van der Waals surface area contributed by atoms with E-state index in [0.29, 0.717) is 11.6 Å². The first-order valence-electron chi connectivity index (χ1n) is 6.46. The number of halogens is 2. The molecule has 0 spiro atoms. The maximum Gasteiger partial charge on any atom is 0.120 e. The Morgan fingerprint density at radius 3 is 2.60 bits per heavy atom. The Balaban J connectivity index is 2.35. The van der Waals surface area contributed by atoms with Crippen molar-refractivity contribution in [2.24, 2.45) is 5.73 Å². The molecule has 2 aromatic carbocycles. The molecule has 1 unspecified atom stereocenters. The van der Waals surface area contributed by atoms with Crippen molar-refractivity contribution in [3.63, 3.8) is 0 Å². The SMILES string of the molecule is CCOc1ccc(C(N)c2cc(C)cc(Cl)c2)c(Br)c1. The molecule has 0 radical (unpaired) electrons. The molecule has 0 saturated heterocycles. The van der Waals surface area contributed by atoms with E-state index in [4.69, 9.17) is 22.1 Å². The molecule has 2 nitrogen and oxygen atoms in total. The second-order valence-corrected chi connectivity index (χ2v) is 5.95. The maximum atomic E-state index is 6.35. The first-order chi connectivity index (χ1) is 9.51. The molecule has 0 fully saturated rings. The van der Waals surface area contributed by atoms with Gasteiger partial charge in [0.1, 0.15) is 5.75 Å². The van der Waals surface area contributed by atoms with Crippen molar-refractivity contribution < 1.29 is 4.74 Å². The normalized spacial score (nSPS) is 12.2. The van der Waals surface area contributed by atoms with Gasteiger partial charge in [0.05, 0.1) is 12.6 Å². The van der Waals surface area contributed by atoms with Crippen LogP contribution >= 0.6 is 27.5 Å². The molecular formula is C16H17BrClNO. The van der Waals surface area contributed by atoms with Crippen molar-refractivity contribution in [3.8, 4) is 5.75 Å². The van der Waals surface area contributed by atoms with Crippen LogP contribution in [0, 0.1) is 6.92 Å². The molecule has 20 heavy (non-hydrogen) atoms. The quantitative estimate of drug-likeness (QED) is 0.851. The van der Waals surface area contributed by atoms with Gasteiger partial charge in [-0.1, -0.05) is 39.7 Å². The van der Waals surface area contributed by atoms with Crippen LogP contribution in [-0.2, 0) is 0 Å². The lowest BCUT2D eigenvalue weighted by Gasteiger charge is -2.16. The number of nitrogens with two attached hydrogens (primary N) is 1. The van der Waals surface area contributed by atoms with Crippen LogP contribution in [0.1, 0.15) is 29.7 Å². The molecule has 0 aliphatic heterocycles. The molecule has 0 aliphatic carbocycles. The largest absolute Gasteiger partial charge is 0.494 e. The average molecular weight is 355 g/mol. The Hall–Kier alpha value is -1.03. The highest BCUT2D eigenvalue weighted by Gasteiger charge is 2.14. The van der Waals surface area contributed by atoms with E-state index in [2.05, 4.69) is 22.0 Å². The summed E-state index contributed by atoms with van der Waals surface area (Å²) in [6.45, 7) is 4.61. The van der Waals surface area contributed by atoms with Gasteiger partial charge >= 0.3 is 0 Å². The van der Waals surface area contributed by atoms with Crippen LogP contribution in [-0.4, -0.2) is 6.61 Å². The fourth-order valence-electron chi connectivity index (χ4n) is 2.14. The van der Waals surface area contributed by atoms with Gasteiger partial charge in [0, 0.05) is 9.50 Å². The molecule has 0 amide bonds. The first-order valence-corrected chi connectivity index (χ1v) is 7.63. The second kappa shape index (κ2) is 6.61. The third-order valence-electron chi connectivity index (χ3n) is 3.04. The summed E-state index contributed by atoms with van der Waals surface area (Å²) in [4.78, 5) is 0. The molecular weight excluding hydrogens is 338 g/mol. The average Bonchev–Trinajstić information content (AvgIpc) is 2.37. The van der Waals surface area contributed by atoms with E-state index in [0.717, 1.165) is 26.9 Å². The van der Waals surface area contributed by atoms with Crippen LogP contribution in [0.5, 0.6) is 5.75 Å². The lowest BCUT2D eigenvalue weighted by atomic mass is 9.98. The Labute approximate surface area is 133 Å². The van der Waals surface area contributed by atoms with Crippen molar-refractivity contribution in [1.82, 2.24) is 0 Å². The fraction of sp³-hybridized carbons (Fsp3) is 0.250. The van der Waals surface area contributed by atoms with E-state index in [9.17, 15) is 0 Å². The monoisotopic (exact) mass is 353 g/mol. The first kappa shape index (κ1) is 15.4. The van der Waals surface area contributed by atoms with Crippen molar-refractivity contribution in [2.75, 3.05) is 6.61 Å². The predicted molar refractivity (Wildman–Crippen MR) is 87.5 cm³/mol. The summed E-state index contributed by atoms with van der Waals surface area (Å²) in [5.74, 6) is 0.831. The number of ether oxygens (including phenoxy) is 1. The highest BCUT2D eigenvalue weighted by Crippen LogP contribution is 2.31. The summed E-state index contributed by atoms with van der Waals surface area (Å²) >= 11 is 9.66. The summed E-state index contributed by atoms with van der Waals surface area (Å²) < 4.78 is 6.41. The maximum absolute atomic E-state index is 6.35. The number of aryl methyl sites for hydroxylation is 1. The minimum absolute atomic E-state index is 0.225. The van der Waals surface area contributed by atoms with E-state index in [1.54, 1.807) is 0 Å². The molecule has 0 saturated carbocycles. The molecule has 0 heterocycles. The number of benzene rings is 2. The number of hydrogen-bond acceptors (Lipinski definition) is 2. The molecule has 2 rings (SSSR count). The van der Waals surface area contributed by atoms with Crippen LogP contribution in [0.3, 0.4) is 0 Å². The minimum Gasteiger partial charge on any atom is -0.494 e. The lowest BCUT2D eigenvalue weighted by molar-refractivity contribution is 0.340. The zero-order valence-corrected chi connectivity index (χ0v) is 13.8.